The zero-order valence-electron chi connectivity index (χ0n) is 12.6. The highest BCUT2D eigenvalue weighted by atomic mass is 16.5. The molecule has 0 aromatic carbocycles. The number of nitrogens with one attached hydrogen (secondary N) is 1. The molecule has 1 aromatic heterocycles. The lowest BCUT2D eigenvalue weighted by Gasteiger charge is -2.30. The molecule has 0 spiro atoms. The summed E-state index contributed by atoms with van der Waals surface area (Å²) in [5.41, 5.74) is 0. The zero-order chi connectivity index (χ0) is 13.9. The van der Waals surface area contributed by atoms with E-state index in [1.54, 1.807) is 0 Å². The molecule has 1 saturated carbocycles. The second-order valence-corrected chi connectivity index (χ2v) is 6.24. The van der Waals surface area contributed by atoms with Gasteiger partial charge in [0.25, 0.3) is 0 Å². The Bertz CT molecular complexity index is 427. The first-order chi connectivity index (χ1) is 9.78. The summed E-state index contributed by atoms with van der Waals surface area (Å²) in [5, 5.41) is 7.63. The highest BCUT2D eigenvalue weighted by Gasteiger charge is 2.30. The van der Waals surface area contributed by atoms with Gasteiger partial charge in [-0.1, -0.05) is 18.5 Å². The lowest BCUT2D eigenvalue weighted by atomic mass is 10.0. The van der Waals surface area contributed by atoms with Gasteiger partial charge in [0.15, 0.2) is 5.82 Å². The first-order valence-corrected chi connectivity index (χ1v) is 8.06. The highest BCUT2D eigenvalue weighted by Crippen LogP contribution is 2.38. The van der Waals surface area contributed by atoms with E-state index in [1.807, 2.05) is 0 Å². The van der Waals surface area contributed by atoms with Gasteiger partial charge >= 0.3 is 0 Å². The van der Waals surface area contributed by atoms with E-state index in [-0.39, 0.29) is 6.04 Å². The minimum Gasteiger partial charge on any atom is -0.338 e. The van der Waals surface area contributed by atoms with Gasteiger partial charge in [-0.15, -0.1) is 0 Å². The molecule has 0 radical (unpaired) electrons. The lowest BCUT2D eigenvalue weighted by molar-refractivity contribution is 0.154. The van der Waals surface area contributed by atoms with Crippen molar-refractivity contribution in [1.29, 1.82) is 0 Å². The Kier molecular flexibility index (Phi) is 4.36. The number of aromatic nitrogens is 2. The predicted octanol–water partition coefficient (Wildman–Crippen LogP) is 2.33. The highest BCUT2D eigenvalue weighted by molar-refractivity contribution is 5.01. The Morgan fingerprint density at radius 1 is 1.35 bits per heavy atom. The molecule has 2 fully saturated rings. The number of piperazine rings is 1. The van der Waals surface area contributed by atoms with E-state index >= 15 is 0 Å². The SMILES string of the molecule is CCC1CCC(c2noc(C(C)N3CCNCC3)n2)C1. The molecular weight excluding hydrogens is 252 g/mol. The maximum atomic E-state index is 5.54. The summed E-state index contributed by atoms with van der Waals surface area (Å²) in [6, 6.07) is 0.238. The van der Waals surface area contributed by atoms with Crippen LogP contribution in [-0.4, -0.2) is 41.2 Å². The summed E-state index contributed by atoms with van der Waals surface area (Å²) >= 11 is 0. The van der Waals surface area contributed by atoms with Gasteiger partial charge in [-0.25, -0.2) is 0 Å². The number of hydrogen-bond donors (Lipinski definition) is 1. The molecule has 2 aliphatic rings. The van der Waals surface area contributed by atoms with E-state index in [0.717, 1.165) is 43.8 Å². The van der Waals surface area contributed by atoms with E-state index in [2.05, 4.69) is 29.2 Å². The largest absolute Gasteiger partial charge is 0.338 e. The van der Waals surface area contributed by atoms with Crippen molar-refractivity contribution in [2.75, 3.05) is 26.2 Å². The number of nitrogens with zero attached hydrogens (tertiary/aromatic N) is 3. The molecular formula is C15H26N4O. The maximum Gasteiger partial charge on any atom is 0.243 e. The molecule has 3 rings (SSSR count). The molecule has 20 heavy (non-hydrogen) atoms. The minimum atomic E-state index is 0.238. The van der Waals surface area contributed by atoms with Gasteiger partial charge in [0.1, 0.15) is 0 Å². The fourth-order valence-corrected chi connectivity index (χ4v) is 3.49. The van der Waals surface area contributed by atoms with Crippen molar-refractivity contribution >= 4 is 0 Å². The standard InChI is InChI=1S/C15H26N4O/c1-3-12-4-5-13(10-12)14-17-15(20-18-14)11(2)19-8-6-16-7-9-19/h11-13,16H,3-10H2,1-2H3. The molecule has 0 bridgehead atoms. The number of rotatable bonds is 4. The van der Waals surface area contributed by atoms with Crippen LogP contribution in [0, 0.1) is 5.92 Å². The van der Waals surface area contributed by atoms with Gasteiger partial charge < -0.3 is 9.84 Å². The van der Waals surface area contributed by atoms with E-state index in [1.165, 1.54) is 25.7 Å². The van der Waals surface area contributed by atoms with E-state index in [9.17, 15) is 0 Å². The van der Waals surface area contributed by atoms with Gasteiger partial charge in [0.05, 0.1) is 6.04 Å². The predicted molar refractivity (Wildman–Crippen MR) is 77.5 cm³/mol. The Morgan fingerprint density at radius 3 is 2.85 bits per heavy atom. The van der Waals surface area contributed by atoms with Crippen molar-refractivity contribution in [3.05, 3.63) is 11.7 Å². The summed E-state index contributed by atoms with van der Waals surface area (Å²) in [6.07, 6.45) is 5.05. The van der Waals surface area contributed by atoms with Crippen LogP contribution in [0.4, 0.5) is 0 Å². The van der Waals surface area contributed by atoms with Crippen LogP contribution in [0.5, 0.6) is 0 Å². The molecule has 5 nitrogen and oxygen atoms in total. The van der Waals surface area contributed by atoms with Crippen LogP contribution in [0.15, 0.2) is 4.52 Å². The average molecular weight is 278 g/mol. The normalized spacial score (nSPS) is 29.7. The lowest BCUT2D eigenvalue weighted by Crippen LogP contribution is -2.44. The van der Waals surface area contributed by atoms with Crippen LogP contribution in [-0.2, 0) is 0 Å². The van der Waals surface area contributed by atoms with Crippen LogP contribution in [0.2, 0.25) is 0 Å². The van der Waals surface area contributed by atoms with Gasteiger partial charge in [-0.05, 0) is 32.1 Å². The fourth-order valence-electron chi connectivity index (χ4n) is 3.49. The quantitative estimate of drug-likeness (QED) is 0.916. The Morgan fingerprint density at radius 2 is 2.15 bits per heavy atom. The molecule has 112 valence electrons. The molecule has 5 heteroatoms. The van der Waals surface area contributed by atoms with Crippen molar-refractivity contribution in [1.82, 2.24) is 20.4 Å². The van der Waals surface area contributed by atoms with Crippen molar-refractivity contribution < 1.29 is 4.52 Å². The maximum absolute atomic E-state index is 5.54. The Balaban J connectivity index is 1.64. The number of hydrogen-bond acceptors (Lipinski definition) is 5. The van der Waals surface area contributed by atoms with E-state index < -0.39 is 0 Å². The molecule has 1 aliphatic carbocycles. The molecule has 1 saturated heterocycles. The second kappa shape index (κ2) is 6.22. The van der Waals surface area contributed by atoms with Crippen LogP contribution < -0.4 is 5.32 Å². The van der Waals surface area contributed by atoms with Gasteiger partial charge in [0, 0.05) is 32.1 Å². The topological polar surface area (TPSA) is 54.2 Å². The average Bonchev–Trinajstić information content (AvgIpc) is 3.16. The van der Waals surface area contributed by atoms with Gasteiger partial charge in [-0.3, -0.25) is 4.90 Å². The van der Waals surface area contributed by atoms with Crippen molar-refractivity contribution in [3.63, 3.8) is 0 Å². The van der Waals surface area contributed by atoms with Crippen molar-refractivity contribution in [3.8, 4) is 0 Å². The summed E-state index contributed by atoms with van der Waals surface area (Å²) in [7, 11) is 0. The van der Waals surface area contributed by atoms with Crippen LogP contribution in [0.1, 0.15) is 63.2 Å². The Labute approximate surface area is 121 Å². The summed E-state index contributed by atoms with van der Waals surface area (Å²) in [6.45, 7) is 8.66. The fraction of sp³-hybridized carbons (Fsp3) is 0.867. The third kappa shape index (κ3) is 2.88. The molecule has 1 N–H and O–H groups in total. The minimum absolute atomic E-state index is 0.238. The zero-order valence-corrected chi connectivity index (χ0v) is 12.6. The van der Waals surface area contributed by atoms with E-state index in [4.69, 9.17) is 9.51 Å². The molecule has 1 aliphatic heterocycles. The second-order valence-electron chi connectivity index (χ2n) is 6.24. The van der Waals surface area contributed by atoms with Crippen LogP contribution >= 0.6 is 0 Å². The monoisotopic (exact) mass is 278 g/mol. The van der Waals surface area contributed by atoms with E-state index in [0.29, 0.717) is 5.92 Å². The first kappa shape index (κ1) is 14.0. The third-order valence-corrected chi connectivity index (χ3v) is 5.00. The smallest absolute Gasteiger partial charge is 0.243 e. The third-order valence-electron chi connectivity index (χ3n) is 5.00. The van der Waals surface area contributed by atoms with Crippen LogP contribution in [0.25, 0.3) is 0 Å². The van der Waals surface area contributed by atoms with Gasteiger partial charge in [-0.2, -0.15) is 4.98 Å². The molecule has 1 aromatic rings. The van der Waals surface area contributed by atoms with Crippen molar-refractivity contribution in [2.24, 2.45) is 5.92 Å². The van der Waals surface area contributed by atoms with Crippen molar-refractivity contribution in [2.45, 2.75) is 51.5 Å². The molecule has 3 atom stereocenters. The Hall–Kier alpha value is -0.940. The first-order valence-electron chi connectivity index (χ1n) is 8.06. The van der Waals surface area contributed by atoms with Crippen LogP contribution in [0.3, 0.4) is 0 Å². The molecule has 3 unspecified atom stereocenters. The summed E-state index contributed by atoms with van der Waals surface area (Å²) in [4.78, 5) is 7.11. The summed E-state index contributed by atoms with van der Waals surface area (Å²) in [5.74, 6) is 3.11. The molecule has 2 heterocycles. The summed E-state index contributed by atoms with van der Waals surface area (Å²) < 4.78 is 5.54. The molecule has 0 amide bonds. The van der Waals surface area contributed by atoms with Gasteiger partial charge in [0.2, 0.25) is 5.89 Å².